The van der Waals surface area contributed by atoms with Crippen LogP contribution in [0.4, 0.5) is 10.2 Å². The third kappa shape index (κ3) is 2.76. The lowest BCUT2D eigenvalue weighted by Crippen LogP contribution is -2.05. The highest BCUT2D eigenvalue weighted by atomic mass is 35.5. The molecule has 0 saturated heterocycles. The Morgan fingerprint density at radius 3 is 2.71 bits per heavy atom. The molecule has 3 aromatic rings. The van der Waals surface area contributed by atoms with Crippen LogP contribution in [0, 0.1) is 5.82 Å². The van der Waals surface area contributed by atoms with Crippen molar-refractivity contribution in [3.05, 3.63) is 75.1 Å². The van der Waals surface area contributed by atoms with Crippen LogP contribution in [-0.2, 0) is 12.8 Å². The van der Waals surface area contributed by atoms with Gasteiger partial charge in [0.05, 0.1) is 16.4 Å². The van der Waals surface area contributed by atoms with Crippen molar-refractivity contribution in [3.63, 3.8) is 0 Å². The standard InChI is InChI=1S/C18H14Cl2FN3/c19-12-3-6-15(20)17(10-12)24-18-14(7-8-22-18)16(23-24)9-11-1-4-13(21)5-2-11/h1-6,10,22H,7-9H2. The molecular formula is C18H14Cl2FN3. The van der Waals surface area contributed by atoms with Crippen molar-refractivity contribution >= 4 is 29.0 Å². The third-order valence-corrected chi connectivity index (χ3v) is 4.71. The first-order valence-electron chi connectivity index (χ1n) is 7.66. The molecule has 0 amide bonds. The van der Waals surface area contributed by atoms with Gasteiger partial charge in [-0.05, 0) is 42.3 Å². The SMILES string of the molecule is Fc1ccc(Cc2nn(-c3cc(Cl)ccc3Cl)c3c2CCN3)cc1. The zero-order valence-electron chi connectivity index (χ0n) is 12.7. The monoisotopic (exact) mass is 361 g/mol. The van der Waals surface area contributed by atoms with Crippen LogP contribution in [0.1, 0.15) is 16.8 Å². The highest BCUT2D eigenvalue weighted by Crippen LogP contribution is 2.33. The Hall–Kier alpha value is -2.04. The molecule has 4 rings (SSSR count). The smallest absolute Gasteiger partial charge is 0.133 e. The van der Waals surface area contributed by atoms with Gasteiger partial charge in [0.15, 0.2) is 0 Å². The van der Waals surface area contributed by atoms with E-state index in [1.807, 2.05) is 4.68 Å². The Balaban J connectivity index is 1.77. The summed E-state index contributed by atoms with van der Waals surface area (Å²) >= 11 is 12.4. The first kappa shape index (κ1) is 15.5. The molecule has 0 spiro atoms. The van der Waals surface area contributed by atoms with Gasteiger partial charge in [-0.2, -0.15) is 5.10 Å². The summed E-state index contributed by atoms with van der Waals surface area (Å²) in [7, 11) is 0. The number of benzene rings is 2. The number of hydrogen-bond acceptors (Lipinski definition) is 2. The van der Waals surface area contributed by atoms with Gasteiger partial charge in [0, 0.05) is 23.6 Å². The molecule has 0 aliphatic carbocycles. The molecule has 0 radical (unpaired) electrons. The Kier molecular flexibility index (Phi) is 3.94. The Morgan fingerprint density at radius 2 is 1.92 bits per heavy atom. The van der Waals surface area contributed by atoms with E-state index in [1.54, 1.807) is 30.3 Å². The van der Waals surface area contributed by atoms with Crippen LogP contribution in [0.5, 0.6) is 0 Å². The maximum Gasteiger partial charge on any atom is 0.133 e. The summed E-state index contributed by atoms with van der Waals surface area (Å²) in [6, 6.07) is 11.8. The molecule has 0 unspecified atom stereocenters. The molecule has 2 heterocycles. The molecular weight excluding hydrogens is 348 g/mol. The summed E-state index contributed by atoms with van der Waals surface area (Å²) in [6.45, 7) is 0.863. The fourth-order valence-corrected chi connectivity index (χ4v) is 3.37. The summed E-state index contributed by atoms with van der Waals surface area (Å²) in [4.78, 5) is 0. The number of nitrogens with one attached hydrogen (secondary N) is 1. The lowest BCUT2D eigenvalue weighted by atomic mass is 10.1. The van der Waals surface area contributed by atoms with Crippen molar-refractivity contribution in [2.75, 3.05) is 11.9 Å². The van der Waals surface area contributed by atoms with E-state index in [4.69, 9.17) is 28.3 Å². The maximum atomic E-state index is 13.1. The fraction of sp³-hybridized carbons (Fsp3) is 0.167. The number of anilines is 1. The van der Waals surface area contributed by atoms with E-state index in [1.165, 1.54) is 17.7 Å². The number of fused-ring (bicyclic) bond motifs is 1. The van der Waals surface area contributed by atoms with Crippen LogP contribution in [0.25, 0.3) is 5.69 Å². The minimum atomic E-state index is -0.234. The number of nitrogens with zero attached hydrogens (tertiary/aromatic N) is 2. The molecule has 0 atom stereocenters. The Bertz CT molecular complexity index is 903. The Morgan fingerprint density at radius 1 is 1.12 bits per heavy atom. The average Bonchev–Trinajstić information content (AvgIpc) is 3.16. The van der Waals surface area contributed by atoms with Crippen molar-refractivity contribution in [2.45, 2.75) is 12.8 Å². The van der Waals surface area contributed by atoms with Gasteiger partial charge in [0.1, 0.15) is 11.6 Å². The largest absolute Gasteiger partial charge is 0.369 e. The molecule has 0 bridgehead atoms. The van der Waals surface area contributed by atoms with Crippen molar-refractivity contribution in [1.29, 1.82) is 0 Å². The van der Waals surface area contributed by atoms with Gasteiger partial charge in [0.2, 0.25) is 0 Å². The van der Waals surface area contributed by atoms with Crippen molar-refractivity contribution in [2.24, 2.45) is 0 Å². The summed E-state index contributed by atoms with van der Waals surface area (Å²) < 4.78 is 14.9. The van der Waals surface area contributed by atoms with Gasteiger partial charge in [-0.1, -0.05) is 35.3 Å². The first-order chi connectivity index (χ1) is 11.6. The molecule has 6 heteroatoms. The summed E-state index contributed by atoms with van der Waals surface area (Å²) in [5.41, 5.74) is 3.92. The van der Waals surface area contributed by atoms with Gasteiger partial charge >= 0.3 is 0 Å². The third-order valence-electron chi connectivity index (χ3n) is 4.16. The molecule has 122 valence electrons. The molecule has 1 aliphatic rings. The minimum Gasteiger partial charge on any atom is -0.369 e. The maximum absolute atomic E-state index is 13.1. The van der Waals surface area contributed by atoms with E-state index in [-0.39, 0.29) is 5.82 Å². The van der Waals surface area contributed by atoms with E-state index in [0.717, 1.165) is 35.7 Å². The van der Waals surface area contributed by atoms with Gasteiger partial charge in [-0.25, -0.2) is 9.07 Å². The molecule has 1 N–H and O–H groups in total. The second kappa shape index (κ2) is 6.11. The molecule has 1 aromatic heterocycles. The predicted molar refractivity (Wildman–Crippen MR) is 95.0 cm³/mol. The normalized spacial score (nSPS) is 13.0. The Labute approximate surface area is 149 Å². The molecule has 24 heavy (non-hydrogen) atoms. The van der Waals surface area contributed by atoms with Crippen LogP contribution >= 0.6 is 23.2 Å². The molecule has 0 fully saturated rings. The lowest BCUT2D eigenvalue weighted by molar-refractivity contribution is 0.627. The molecule has 0 saturated carbocycles. The van der Waals surface area contributed by atoms with Gasteiger partial charge < -0.3 is 5.32 Å². The van der Waals surface area contributed by atoms with E-state index < -0.39 is 0 Å². The summed E-state index contributed by atoms with van der Waals surface area (Å²) in [6.07, 6.45) is 1.56. The van der Waals surface area contributed by atoms with Crippen LogP contribution in [0.3, 0.4) is 0 Å². The number of aromatic nitrogens is 2. The first-order valence-corrected chi connectivity index (χ1v) is 8.42. The molecule has 2 aromatic carbocycles. The van der Waals surface area contributed by atoms with Crippen LogP contribution in [0.15, 0.2) is 42.5 Å². The van der Waals surface area contributed by atoms with E-state index in [0.29, 0.717) is 16.5 Å². The van der Waals surface area contributed by atoms with E-state index in [9.17, 15) is 4.39 Å². The van der Waals surface area contributed by atoms with E-state index in [2.05, 4.69) is 5.32 Å². The van der Waals surface area contributed by atoms with Crippen LogP contribution < -0.4 is 5.32 Å². The number of rotatable bonds is 3. The van der Waals surface area contributed by atoms with Gasteiger partial charge in [-0.15, -0.1) is 0 Å². The quantitative estimate of drug-likeness (QED) is 0.720. The van der Waals surface area contributed by atoms with Crippen LogP contribution in [-0.4, -0.2) is 16.3 Å². The summed E-state index contributed by atoms with van der Waals surface area (Å²) in [5.74, 6) is 0.721. The zero-order valence-corrected chi connectivity index (χ0v) is 14.2. The zero-order chi connectivity index (χ0) is 16.7. The topological polar surface area (TPSA) is 29.9 Å². The second-order valence-corrected chi connectivity index (χ2v) is 6.61. The summed E-state index contributed by atoms with van der Waals surface area (Å²) in [5, 5.41) is 9.30. The fourth-order valence-electron chi connectivity index (χ4n) is 3.01. The van der Waals surface area contributed by atoms with E-state index >= 15 is 0 Å². The highest BCUT2D eigenvalue weighted by Gasteiger charge is 2.24. The number of hydrogen-bond donors (Lipinski definition) is 1. The minimum absolute atomic E-state index is 0.234. The lowest BCUT2D eigenvalue weighted by Gasteiger charge is -2.08. The molecule has 1 aliphatic heterocycles. The van der Waals surface area contributed by atoms with Crippen molar-refractivity contribution < 1.29 is 4.39 Å². The second-order valence-electron chi connectivity index (χ2n) is 5.76. The molecule has 3 nitrogen and oxygen atoms in total. The van der Waals surface area contributed by atoms with Crippen molar-refractivity contribution in [3.8, 4) is 5.69 Å². The van der Waals surface area contributed by atoms with Crippen molar-refractivity contribution in [1.82, 2.24) is 9.78 Å². The van der Waals surface area contributed by atoms with Crippen LogP contribution in [0.2, 0.25) is 10.0 Å². The average molecular weight is 362 g/mol. The van der Waals surface area contributed by atoms with Gasteiger partial charge in [0.25, 0.3) is 0 Å². The number of halogens is 3. The predicted octanol–water partition coefficient (Wildman–Crippen LogP) is 4.88. The highest BCUT2D eigenvalue weighted by molar-refractivity contribution is 6.34. The van der Waals surface area contributed by atoms with Gasteiger partial charge in [-0.3, -0.25) is 0 Å².